The first kappa shape index (κ1) is 21.9. The van der Waals surface area contributed by atoms with Crippen molar-refractivity contribution in [3.8, 4) is 5.75 Å². The summed E-state index contributed by atoms with van der Waals surface area (Å²) in [5.74, 6) is 1.33. The lowest BCUT2D eigenvalue weighted by molar-refractivity contribution is 0.0659. The van der Waals surface area contributed by atoms with E-state index < -0.39 is 0 Å². The van der Waals surface area contributed by atoms with Crippen molar-refractivity contribution in [2.75, 3.05) is 26.2 Å². The molecule has 1 N–H and O–H groups in total. The van der Waals surface area contributed by atoms with E-state index in [0.29, 0.717) is 23.8 Å². The summed E-state index contributed by atoms with van der Waals surface area (Å²) in [6.07, 6.45) is 5.42. The summed E-state index contributed by atoms with van der Waals surface area (Å²) >= 11 is 0. The lowest BCUT2D eigenvalue weighted by Crippen LogP contribution is -2.44. The first-order valence-corrected chi connectivity index (χ1v) is 11.7. The average Bonchev–Trinajstić information content (AvgIpc) is 3.31. The number of aromatic amines is 1. The molecule has 3 heterocycles. The van der Waals surface area contributed by atoms with Crippen LogP contribution in [0.1, 0.15) is 68.6 Å². The smallest absolute Gasteiger partial charge is 0.257 e. The molecule has 4 rings (SSSR count). The molecule has 1 aromatic heterocycles. The molecule has 6 nitrogen and oxygen atoms in total. The number of hydrogen-bond acceptors (Lipinski definition) is 4. The Morgan fingerprint density at radius 2 is 2.03 bits per heavy atom. The molecule has 2 aliphatic rings. The normalized spacial score (nSPS) is 22.3. The summed E-state index contributed by atoms with van der Waals surface area (Å²) in [5.41, 5.74) is 3.20. The highest BCUT2D eigenvalue weighted by Gasteiger charge is 2.40. The highest BCUT2D eigenvalue weighted by Crippen LogP contribution is 2.34. The SMILES string of the molecule is CCOc1ccccc1C(=O)N1CCCC[C@H]2CN(Cc3cn[nH]c3C(C)(C)C)C[C@H]21. The van der Waals surface area contributed by atoms with Crippen molar-refractivity contribution in [2.24, 2.45) is 5.92 Å². The number of likely N-dealkylation sites (tertiary alicyclic amines) is 2. The Labute approximate surface area is 186 Å². The molecule has 0 aliphatic carbocycles. The number of benzene rings is 1. The number of aromatic nitrogens is 2. The molecule has 2 saturated heterocycles. The fraction of sp³-hybridized carbons (Fsp3) is 0.600. The molecule has 2 atom stereocenters. The predicted molar refractivity (Wildman–Crippen MR) is 122 cm³/mol. The number of carbonyl (C=O) groups is 1. The lowest BCUT2D eigenvalue weighted by atomic mass is 9.89. The van der Waals surface area contributed by atoms with E-state index in [-0.39, 0.29) is 17.4 Å². The molecule has 2 aliphatic heterocycles. The Kier molecular flexibility index (Phi) is 6.37. The standard InChI is InChI=1S/C25H36N4O2/c1-5-31-22-12-7-6-11-20(22)24(30)29-13-9-8-10-18-15-28(17-21(18)29)16-19-14-26-27-23(19)25(2,3)4/h6-7,11-12,14,18,21H,5,8-10,13,15-17H2,1-4H3,(H,26,27)/t18-,21+/m0/s1. The van der Waals surface area contributed by atoms with Crippen LogP contribution in [0.5, 0.6) is 5.75 Å². The first-order chi connectivity index (χ1) is 14.9. The van der Waals surface area contributed by atoms with Gasteiger partial charge in [-0.25, -0.2) is 0 Å². The lowest BCUT2D eigenvalue weighted by Gasteiger charge is -2.31. The van der Waals surface area contributed by atoms with Crippen LogP contribution in [0.15, 0.2) is 30.5 Å². The van der Waals surface area contributed by atoms with Crippen LogP contribution in [0, 0.1) is 5.92 Å². The minimum absolute atomic E-state index is 0.0424. The topological polar surface area (TPSA) is 61.5 Å². The van der Waals surface area contributed by atoms with Gasteiger partial charge in [0.1, 0.15) is 5.75 Å². The van der Waals surface area contributed by atoms with E-state index in [9.17, 15) is 4.79 Å². The van der Waals surface area contributed by atoms with E-state index in [2.05, 4.69) is 40.8 Å². The van der Waals surface area contributed by atoms with E-state index in [1.807, 2.05) is 37.4 Å². The van der Waals surface area contributed by atoms with Gasteiger partial charge in [0, 0.05) is 48.9 Å². The molecule has 2 aromatic rings. The summed E-state index contributed by atoms with van der Waals surface area (Å²) in [6.45, 7) is 12.8. The molecule has 6 heteroatoms. The number of carbonyl (C=O) groups excluding carboxylic acids is 1. The van der Waals surface area contributed by atoms with Gasteiger partial charge in [-0.05, 0) is 37.8 Å². The van der Waals surface area contributed by atoms with Gasteiger partial charge in [0.05, 0.1) is 18.4 Å². The highest BCUT2D eigenvalue weighted by molar-refractivity contribution is 5.97. The molecule has 1 amide bonds. The van der Waals surface area contributed by atoms with Gasteiger partial charge in [-0.1, -0.05) is 39.3 Å². The van der Waals surface area contributed by atoms with Crippen molar-refractivity contribution in [1.29, 1.82) is 0 Å². The van der Waals surface area contributed by atoms with E-state index in [1.165, 1.54) is 24.1 Å². The summed E-state index contributed by atoms with van der Waals surface area (Å²) < 4.78 is 5.76. The minimum Gasteiger partial charge on any atom is -0.493 e. The summed E-state index contributed by atoms with van der Waals surface area (Å²) in [7, 11) is 0. The van der Waals surface area contributed by atoms with E-state index in [0.717, 1.165) is 32.6 Å². The number of hydrogen-bond donors (Lipinski definition) is 1. The molecule has 31 heavy (non-hydrogen) atoms. The molecule has 1 aromatic carbocycles. The molecule has 0 radical (unpaired) electrons. The molecular formula is C25H36N4O2. The van der Waals surface area contributed by atoms with Crippen molar-refractivity contribution in [1.82, 2.24) is 20.0 Å². The van der Waals surface area contributed by atoms with Crippen LogP contribution in [0.2, 0.25) is 0 Å². The third-order valence-corrected chi connectivity index (χ3v) is 6.65. The second kappa shape index (κ2) is 9.03. The number of para-hydroxylation sites is 1. The molecule has 2 fully saturated rings. The third-order valence-electron chi connectivity index (χ3n) is 6.65. The zero-order valence-electron chi connectivity index (χ0n) is 19.4. The van der Waals surface area contributed by atoms with Crippen LogP contribution in [-0.2, 0) is 12.0 Å². The van der Waals surface area contributed by atoms with Crippen LogP contribution in [0.4, 0.5) is 0 Å². The van der Waals surface area contributed by atoms with Gasteiger partial charge in [-0.3, -0.25) is 14.8 Å². The summed E-state index contributed by atoms with van der Waals surface area (Å²) in [4.78, 5) is 18.3. The number of fused-ring (bicyclic) bond motifs is 1. The monoisotopic (exact) mass is 424 g/mol. The van der Waals surface area contributed by atoms with Crippen molar-refractivity contribution in [2.45, 2.75) is 65.0 Å². The predicted octanol–water partition coefficient (Wildman–Crippen LogP) is 4.23. The van der Waals surface area contributed by atoms with Crippen LogP contribution >= 0.6 is 0 Å². The number of rotatable bonds is 5. The Morgan fingerprint density at radius 3 is 2.81 bits per heavy atom. The maximum Gasteiger partial charge on any atom is 0.257 e. The number of nitrogens with zero attached hydrogens (tertiary/aromatic N) is 3. The first-order valence-electron chi connectivity index (χ1n) is 11.7. The maximum atomic E-state index is 13.6. The van der Waals surface area contributed by atoms with E-state index in [4.69, 9.17) is 4.74 Å². The van der Waals surface area contributed by atoms with E-state index >= 15 is 0 Å². The fourth-order valence-electron chi connectivity index (χ4n) is 5.21. The molecule has 0 bridgehead atoms. The van der Waals surface area contributed by atoms with Crippen molar-refractivity contribution < 1.29 is 9.53 Å². The quantitative estimate of drug-likeness (QED) is 0.780. The van der Waals surface area contributed by atoms with Crippen molar-refractivity contribution in [3.63, 3.8) is 0 Å². The van der Waals surface area contributed by atoms with Gasteiger partial charge in [-0.2, -0.15) is 5.10 Å². The number of nitrogens with one attached hydrogen (secondary N) is 1. The van der Waals surface area contributed by atoms with Gasteiger partial charge in [0.15, 0.2) is 0 Å². The van der Waals surface area contributed by atoms with Gasteiger partial charge in [-0.15, -0.1) is 0 Å². The van der Waals surface area contributed by atoms with Gasteiger partial charge >= 0.3 is 0 Å². The van der Waals surface area contributed by atoms with Crippen molar-refractivity contribution >= 4 is 5.91 Å². The average molecular weight is 425 g/mol. The Balaban J connectivity index is 1.53. The number of H-pyrrole nitrogens is 1. The van der Waals surface area contributed by atoms with E-state index in [1.54, 1.807) is 0 Å². The van der Waals surface area contributed by atoms with Crippen LogP contribution < -0.4 is 4.74 Å². The van der Waals surface area contributed by atoms with Crippen molar-refractivity contribution in [3.05, 3.63) is 47.3 Å². The van der Waals surface area contributed by atoms with Crippen LogP contribution in [0.3, 0.4) is 0 Å². The second-order valence-electron chi connectivity index (χ2n) is 9.97. The molecule has 0 spiro atoms. The van der Waals surface area contributed by atoms with Gasteiger partial charge in [0.2, 0.25) is 0 Å². The molecule has 168 valence electrons. The fourth-order valence-corrected chi connectivity index (χ4v) is 5.21. The van der Waals surface area contributed by atoms with Gasteiger partial charge in [0.25, 0.3) is 5.91 Å². The largest absolute Gasteiger partial charge is 0.493 e. The summed E-state index contributed by atoms with van der Waals surface area (Å²) in [5, 5.41) is 7.52. The molecular weight excluding hydrogens is 388 g/mol. The Morgan fingerprint density at radius 1 is 1.23 bits per heavy atom. The van der Waals surface area contributed by atoms with Crippen LogP contribution in [0.25, 0.3) is 0 Å². The minimum atomic E-state index is 0.0424. The third kappa shape index (κ3) is 4.64. The molecule has 0 saturated carbocycles. The second-order valence-corrected chi connectivity index (χ2v) is 9.97. The molecule has 0 unspecified atom stereocenters. The Bertz CT molecular complexity index is 901. The number of amides is 1. The zero-order chi connectivity index (χ0) is 22.0. The zero-order valence-corrected chi connectivity index (χ0v) is 19.4. The maximum absolute atomic E-state index is 13.6. The highest BCUT2D eigenvalue weighted by atomic mass is 16.5. The van der Waals surface area contributed by atoms with Gasteiger partial charge < -0.3 is 9.64 Å². The summed E-state index contributed by atoms with van der Waals surface area (Å²) in [6, 6.07) is 7.93. The number of ether oxygens (including phenoxy) is 1. The van der Waals surface area contributed by atoms with Crippen LogP contribution in [-0.4, -0.2) is 58.2 Å². The Hall–Kier alpha value is -2.34.